The molecular weight excluding hydrogens is 430 g/mol. The molecular formula is C24H32Cl4. The summed E-state index contributed by atoms with van der Waals surface area (Å²) in [6.07, 6.45) is 10.6. The van der Waals surface area contributed by atoms with Gasteiger partial charge in [0.15, 0.2) is 0 Å². The fraction of sp³-hybridized carbons (Fsp3) is 0.583. The summed E-state index contributed by atoms with van der Waals surface area (Å²) < 4.78 is 0. The van der Waals surface area contributed by atoms with Gasteiger partial charge in [0.05, 0.1) is 0 Å². The second kappa shape index (κ2) is 14.0. The normalized spacial score (nSPS) is 13.7. The summed E-state index contributed by atoms with van der Waals surface area (Å²) in [7, 11) is 0. The van der Waals surface area contributed by atoms with Crippen LogP contribution in [0.1, 0.15) is 62.5 Å². The molecule has 2 aromatic carbocycles. The van der Waals surface area contributed by atoms with E-state index in [4.69, 9.17) is 46.4 Å². The van der Waals surface area contributed by atoms with Gasteiger partial charge < -0.3 is 0 Å². The first-order valence-electron chi connectivity index (χ1n) is 10.5. The number of benzene rings is 2. The number of hydrogen-bond acceptors (Lipinski definition) is 0. The number of rotatable bonds is 14. The van der Waals surface area contributed by atoms with Gasteiger partial charge >= 0.3 is 0 Å². The zero-order chi connectivity index (χ0) is 20.2. The standard InChI is InChI=1S/C24H32Cl4/c25-15-7-1-3-10-21(27)17-20-14-13-19-9-5-6-12-23(19)24(20)18-22(28)11-4-2-8-16-26/h5-6,9,12-14,21-22H,1-4,7-8,10-11,15-18H2. The lowest BCUT2D eigenvalue weighted by Crippen LogP contribution is -2.10. The van der Waals surface area contributed by atoms with Crippen molar-refractivity contribution in [2.75, 3.05) is 11.8 Å². The van der Waals surface area contributed by atoms with E-state index in [1.165, 1.54) is 21.9 Å². The van der Waals surface area contributed by atoms with Crippen LogP contribution < -0.4 is 0 Å². The molecule has 0 aliphatic carbocycles. The Balaban J connectivity index is 2.08. The number of unbranched alkanes of at least 4 members (excludes halogenated alkanes) is 4. The lowest BCUT2D eigenvalue weighted by molar-refractivity contribution is 0.629. The van der Waals surface area contributed by atoms with Crippen molar-refractivity contribution in [2.45, 2.75) is 75.0 Å². The monoisotopic (exact) mass is 460 g/mol. The van der Waals surface area contributed by atoms with Crippen molar-refractivity contribution in [1.82, 2.24) is 0 Å². The van der Waals surface area contributed by atoms with Crippen molar-refractivity contribution >= 4 is 57.2 Å². The molecule has 0 aliphatic heterocycles. The van der Waals surface area contributed by atoms with E-state index in [0.717, 1.165) is 76.0 Å². The van der Waals surface area contributed by atoms with Gasteiger partial charge in [0.1, 0.15) is 0 Å². The van der Waals surface area contributed by atoms with Crippen molar-refractivity contribution in [1.29, 1.82) is 0 Å². The Hall–Kier alpha value is -0.140. The molecule has 0 saturated carbocycles. The third-order valence-electron chi connectivity index (χ3n) is 5.31. The summed E-state index contributed by atoms with van der Waals surface area (Å²) in [5.74, 6) is 1.48. The van der Waals surface area contributed by atoms with Gasteiger partial charge in [-0.25, -0.2) is 0 Å². The molecule has 0 saturated heterocycles. The molecule has 28 heavy (non-hydrogen) atoms. The lowest BCUT2D eigenvalue weighted by atomic mass is 9.91. The number of fused-ring (bicyclic) bond motifs is 1. The Bertz CT molecular complexity index is 685. The van der Waals surface area contributed by atoms with Crippen LogP contribution in [-0.4, -0.2) is 22.5 Å². The first-order chi connectivity index (χ1) is 13.7. The zero-order valence-corrected chi connectivity index (χ0v) is 19.6. The first-order valence-corrected chi connectivity index (χ1v) is 12.5. The topological polar surface area (TPSA) is 0 Å². The molecule has 0 fully saturated rings. The quantitative estimate of drug-likeness (QED) is 0.195. The predicted molar refractivity (Wildman–Crippen MR) is 129 cm³/mol. The van der Waals surface area contributed by atoms with Crippen LogP contribution in [-0.2, 0) is 12.8 Å². The van der Waals surface area contributed by atoms with E-state index >= 15 is 0 Å². The van der Waals surface area contributed by atoms with Crippen molar-refractivity contribution in [3.05, 3.63) is 47.5 Å². The highest BCUT2D eigenvalue weighted by molar-refractivity contribution is 6.21. The molecule has 4 heteroatoms. The average molecular weight is 462 g/mol. The van der Waals surface area contributed by atoms with Gasteiger partial charge in [0, 0.05) is 22.5 Å². The molecule has 156 valence electrons. The number of halogens is 4. The second-order valence-corrected chi connectivity index (χ2v) is 9.59. The number of hydrogen-bond donors (Lipinski definition) is 0. The van der Waals surface area contributed by atoms with Crippen LogP contribution >= 0.6 is 46.4 Å². The summed E-state index contributed by atoms with van der Waals surface area (Å²) in [5.41, 5.74) is 2.73. The largest absolute Gasteiger partial charge is 0.127 e. The van der Waals surface area contributed by atoms with Gasteiger partial charge in [0.25, 0.3) is 0 Å². The van der Waals surface area contributed by atoms with Crippen LogP contribution in [0.3, 0.4) is 0 Å². The van der Waals surface area contributed by atoms with Crippen LogP contribution in [0.4, 0.5) is 0 Å². The fourth-order valence-corrected chi connectivity index (χ4v) is 4.76. The van der Waals surface area contributed by atoms with Crippen LogP contribution in [0.25, 0.3) is 10.8 Å². The molecule has 0 aromatic heterocycles. The van der Waals surface area contributed by atoms with Gasteiger partial charge in [-0.2, -0.15) is 0 Å². The third-order valence-corrected chi connectivity index (χ3v) is 6.59. The van der Waals surface area contributed by atoms with Gasteiger partial charge in [0.2, 0.25) is 0 Å². The van der Waals surface area contributed by atoms with E-state index in [2.05, 4.69) is 36.4 Å². The lowest BCUT2D eigenvalue weighted by Gasteiger charge is -2.18. The summed E-state index contributed by atoms with van der Waals surface area (Å²) in [5, 5.41) is 2.91. The van der Waals surface area contributed by atoms with E-state index in [0.29, 0.717) is 0 Å². The Morgan fingerprint density at radius 1 is 0.643 bits per heavy atom. The highest BCUT2D eigenvalue weighted by Gasteiger charge is 2.15. The minimum absolute atomic E-state index is 0.150. The minimum atomic E-state index is 0.150. The predicted octanol–water partition coefficient (Wildman–Crippen LogP) is 8.74. The highest BCUT2D eigenvalue weighted by atomic mass is 35.5. The molecule has 0 N–H and O–H groups in total. The Labute approximate surface area is 190 Å². The molecule has 0 nitrogen and oxygen atoms in total. The summed E-state index contributed by atoms with van der Waals surface area (Å²) in [6, 6.07) is 13.1. The molecule has 2 rings (SSSR count). The second-order valence-electron chi connectivity index (χ2n) is 7.60. The molecule has 0 heterocycles. The summed E-state index contributed by atoms with van der Waals surface area (Å²) >= 11 is 25.0. The molecule has 0 spiro atoms. The Morgan fingerprint density at radius 2 is 1.25 bits per heavy atom. The van der Waals surface area contributed by atoms with E-state index in [-0.39, 0.29) is 10.8 Å². The molecule has 0 radical (unpaired) electrons. The average Bonchev–Trinajstić information content (AvgIpc) is 2.70. The molecule has 0 amide bonds. The van der Waals surface area contributed by atoms with Crippen molar-refractivity contribution in [2.24, 2.45) is 0 Å². The Morgan fingerprint density at radius 3 is 1.89 bits per heavy atom. The maximum atomic E-state index is 6.74. The van der Waals surface area contributed by atoms with E-state index in [1.807, 2.05) is 0 Å². The smallest absolute Gasteiger partial charge is 0.0376 e. The van der Waals surface area contributed by atoms with Crippen LogP contribution in [0, 0.1) is 0 Å². The highest BCUT2D eigenvalue weighted by Crippen LogP contribution is 2.29. The SMILES string of the molecule is ClCCCCCC(Cl)Cc1ccc2ccccc2c1CC(Cl)CCCCCCl. The summed E-state index contributed by atoms with van der Waals surface area (Å²) in [4.78, 5) is 0. The van der Waals surface area contributed by atoms with Crippen molar-refractivity contribution in [3.8, 4) is 0 Å². The van der Waals surface area contributed by atoms with Gasteiger partial charge in [-0.15, -0.1) is 46.4 Å². The van der Waals surface area contributed by atoms with Gasteiger partial charge in [-0.05, 0) is 60.4 Å². The number of alkyl halides is 4. The van der Waals surface area contributed by atoms with Crippen LogP contribution in [0.5, 0.6) is 0 Å². The van der Waals surface area contributed by atoms with Crippen LogP contribution in [0.2, 0.25) is 0 Å². The molecule has 0 bridgehead atoms. The van der Waals surface area contributed by atoms with Gasteiger partial charge in [-0.3, -0.25) is 0 Å². The van der Waals surface area contributed by atoms with Crippen LogP contribution in [0.15, 0.2) is 36.4 Å². The fourth-order valence-electron chi connectivity index (χ4n) is 3.75. The maximum Gasteiger partial charge on any atom is 0.0376 e. The van der Waals surface area contributed by atoms with Crippen molar-refractivity contribution in [3.63, 3.8) is 0 Å². The zero-order valence-electron chi connectivity index (χ0n) is 16.6. The molecule has 2 unspecified atom stereocenters. The molecule has 2 atom stereocenters. The van der Waals surface area contributed by atoms with Gasteiger partial charge in [-0.1, -0.05) is 62.1 Å². The summed E-state index contributed by atoms with van der Waals surface area (Å²) in [6.45, 7) is 0. The van der Waals surface area contributed by atoms with Crippen molar-refractivity contribution < 1.29 is 0 Å². The maximum absolute atomic E-state index is 6.74. The molecule has 2 aromatic rings. The molecule has 0 aliphatic rings. The van der Waals surface area contributed by atoms with E-state index in [9.17, 15) is 0 Å². The van der Waals surface area contributed by atoms with E-state index in [1.54, 1.807) is 0 Å². The Kier molecular flexibility index (Phi) is 12.0. The minimum Gasteiger partial charge on any atom is -0.127 e. The van der Waals surface area contributed by atoms with E-state index < -0.39 is 0 Å². The third kappa shape index (κ3) is 8.31. The first kappa shape index (κ1) is 24.1.